The molecular weight excluding hydrogens is 633 g/mol. The van der Waals surface area contributed by atoms with Crippen LogP contribution >= 0.6 is 0 Å². The Morgan fingerprint density at radius 1 is 0.365 bits per heavy atom. The highest BCUT2D eigenvalue weighted by Crippen LogP contribution is 2.43. The number of benzene rings is 8. The summed E-state index contributed by atoms with van der Waals surface area (Å²) in [5, 5.41) is 10.9. The van der Waals surface area contributed by atoms with Crippen LogP contribution in [-0.2, 0) is 0 Å². The fourth-order valence-electron chi connectivity index (χ4n) is 8.79. The van der Waals surface area contributed by atoms with E-state index in [9.17, 15) is 0 Å². The van der Waals surface area contributed by atoms with Crippen LogP contribution in [-0.4, -0.2) is 18.9 Å². The van der Waals surface area contributed by atoms with Crippen LogP contribution in [0.25, 0.3) is 110 Å². The predicted octanol–water partition coefficient (Wildman–Crippen LogP) is 12.4. The zero-order chi connectivity index (χ0) is 33.9. The highest BCUT2D eigenvalue weighted by atomic mass is 15.2. The van der Waals surface area contributed by atoms with E-state index in [1.807, 2.05) is 0 Å². The van der Waals surface area contributed by atoms with E-state index in [4.69, 9.17) is 9.97 Å². The van der Waals surface area contributed by atoms with Gasteiger partial charge in [0, 0.05) is 43.3 Å². The number of rotatable bonds is 3. The van der Waals surface area contributed by atoms with Gasteiger partial charge in [-0.05, 0) is 70.4 Å². The fraction of sp³-hybridized carbons (Fsp3) is 0. The average Bonchev–Trinajstić information content (AvgIpc) is 3.85. The Bertz CT molecular complexity index is 3330. The van der Waals surface area contributed by atoms with Crippen molar-refractivity contribution in [1.82, 2.24) is 18.9 Å². The molecule has 0 aliphatic rings. The van der Waals surface area contributed by atoms with Gasteiger partial charge in [-0.3, -0.25) is 4.57 Å². The molecule has 4 aromatic heterocycles. The topological polar surface area (TPSA) is 35.1 Å². The van der Waals surface area contributed by atoms with E-state index in [0.29, 0.717) is 5.95 Å². The molecule has 12 rings (SSSR count). The molecule has 0 saturated carbocycles. The second-order valence-electron chi connectivity index (χ2n) is 13.8. The lowest BCUT2D eigenvalue weighted by Gasteiger charge is -2.13. The number of hydrogen-bond acceptors (Lipinski definition) is 2. The molecule has 0 bridgehead atoms. The van der Waals surface area contributed by atoms with E-state index >= 15 is 0 Å². The Labute approximate surface area is 297 Å². The second-order valence-corrected chi connectivity index (χ2v) is 13.8. The number of fused-ring (bicyclic) bond motifs is 11. The van der Waals surface area contributed by atoms with Gasteiger partial charge in [0.15, 0.2) is 0 Å². The molecular formula is C48H28N4. The summed E-state index contributed by atoms with van der Waals surface area (Å²) >= 11 is 0. The summed E-state index contributed by atoms with van der Waals surface area (Å²) < 4.78 is 4.67. The van der Waals surface area contributed by atoms with Crippen LogP contribution in [0.4, 0.5) is 0 Å². The van der Waals surface area contributed by atoms with E-state index in [1.54, 1.807) is 0 Å². The zero-order valence-corrected chi connectivity index (χ0v) is 28.0. The molecule has 52 heavy (non-hydrogen) atoms. The summed E-state index contributed by atoms with van der Waals surface area (Å²) in [5.41, 5.74) is 11.3. The lowest BCUT2D eigenvalue weighted by Crippen LogP contribution is -2.03. The van der Waals surface area contributed by atoms with Crippen LogP contribution in [0.2, 0.25) is 0 Å². The predicted molar refractivity (Wildman–Crippen MR) is 217 cm³/mol. The van der Waals surface area contributed by atoms with Crippen LogP contribution in [0, 0.1) is 0 Å². The van der Waals surface area contributed by atoms with E-state index in [2.05, 4.69) is 179 Å². The van der Waals surface area contributed by atoms with Gasteiger partial charge in [0.25, 0.3) is 0 Å². The average molecular weight is 661 g/mol. The molecule has 0 amide bonds. The van der Waals surface area contributed by atoms with Gasteiger partial charge in [-0.2, -0.15) is 0 Å². The SMILES string of the molecule is c1ccc2c(-c3nc(-n4c5ccccc5c5cc(-c6cc7c8ccccc8n8c9ccccc9c(c6)c78)ccc54)nc4ccccc34)cccc2c1. The molecule has 0 fully saturated rings. The van der Waals surface area contributed by atoms with Gasteiger partial charge in [-0.1, -0.05) is 121 Å². The number of hydrogen-bond donors (Lipinski definition) is 0. The van der Waals surface area contributed by atoms with Gasteiger partial charge >= 0.3 is 0 Å². The molecule has 0 unspecified atom stereocenters. The Hall–Kier alpha value is -7.04. The molecule has 0 saturated heterocycles. The van der Waals surface area contributed by atoms with Crippen LogP contribution in [0.5, 0.6) is 0 Å². The van der Waals surface area contributed by atoms with E-state index < -0.39 is 0 Å². The Morgan fingerprint density at radius 3 is 1.67 bits per heavy atom. The standard InChI is InChI=1S/C48H28N4/c1-2-14-32-29(12-1)13-11-19-36(32)46-37-18-3-7-20-41(37)49-48(50-46)52-44-23-10-4-15-33(44)38-26-30(24-25-45(38)52)31-27-39-34-16-5-8-21-42(34)51-43-22-9-6-17-35(43)40(28-31)47(39)51/h1-28H. The van der Waals surface area contributed by atoms with Crippen molar-refractivity contribution in [3.05, 3.63) is 170 Å². The van der Waals surface area contributed by atoms with Crippen LogP contribution in [0.1, 0.15) is 0 Å². The van der Waals surface area contributed by atoms with Gasteiger partial charge in [0.05, 0.1) is 38.8 Å². The van der Waals surface area contributed by atoms with Crippen molar-refractivity contribution in [3.8, 4) is 28.3 Å². The maximum Gasteiger partial charge on any atom is 0.235 e. The van der Waals surface area contributed by atoms with Gasteiger partial charge < -0.3 is 4.40 Å². The molecule has 0 spiro atoms. The first-order valence-electron chi connectivity index (χ1n) is 17.8. The van der Waals surface area contributed by atoms with Gasteiger partial charge in [0.2, 0.25) is 5.95 Å². The Morgan fingerprint density at radius 2 is 0.923 bits per heavy atom. The molecule has 0 atom stereocenters. The van der Waals surface area contributed by atoms with Gasteiger partial charge in [-0.25, -0.2) is 9.97 Å². The maximum atomic E-state index is 5.40. The van der Waals surface area contributed by atoms with E-state index in [1.165, 1.54) is 70.8 Å². The maximum absolute atomic E-state index is 5.40. The van der Waals surface area contributed by atoms with Crippen molar-refractivity contribution >= 4 is 81.6 Å². The third-order valence-electron chi connectivity index (χ3n) is 11.0. The van der Waals surface area contributed by atoms with Crippen molar-refractivity contribution in [3.63, 3.8) is 0 Å². The molecule has 0 radical (unpaired) electrons. The van der Waals surface area contributed by atoms with Crippen molar-refractivity contribution in [2.75, 3.05) is 0 Å². The molecule has 0 aliphatic heterocycles. The third-order valence-corrected chi connectivity index (χ3v) is 11.0. The fourth-order valence-corrected chi connectivity index (χ4v) is 8.79. The van der Waals surface area contributed by atoms with Crippen LogP contribution in [0.15, 0.2) is 170 Å². The summed E-state index contributed by atoms with van der Waals surface area (Å²) in [4.78, 5) is 10.6. The third kappa shape index (κ3) is 3.70. The molecule has 0 N–H and O–H groups in total. The molecule has 12 aromatic rings. The van der Waals surface area contributed by atoms with E-state index in [-0.39, 0.29) is 0 Å². The summed E-state index contributed by atoms with van der Waals surface area (Å²) in [6.07, 6.45) is 0. The first kappa shape index (κ1) is 27.7. The highest BCUT2D eigenvalue weighted by Gasteiger charge is 2.21. The normalized spacial score (nSPS) is 12.2. The van der Waals surface area contributed by atoms with Crippen molar-refractivity contribution in [2.45, 2.75) is 0 Å². The van der Waals surface area contributed by atoms with Crippen molar-refractivity contribution in [1.29, 1.82) is 0 Å². The van der Waals surface area contributed by atoms with Crippen molar-refractivity contribution in [2.24, 2.45) is 0 Å². The summed E-state index contributed by atoms with van der Waals surface area (Å²) in [6.45, 7) is 0. The number of nitrogens with zero attached hydrogens (tertiary/aromatic N) is 4. The molecule has 4 heteroatoms. The Balaban J connectivity index is 1.12. The van der Waals surface area contributed by atoms with Crippen molar-refractivity contribution < 1.29 is 0 Å². The summed E-state index contributed by atoms with van der Waals surface area (Å²) in [6, 6.07) is 61.2. The first-order valence-corrected chi connectivity index (χ1v) is 17.8. The lowest BCUT2D eigenvalue weighted by molar-refractivity contribution is 1.01. The molecule has 4 heterocycles. The molecule has 0 aliphatic carbocycles. The minimum atomic E-state index is 0.666. The molecule has 4 nitrogen and oxygen atoms in total. The minimum Gasteiger partial charge on any atom is -0.308 e. The monoisotopic (exact) mass is 660 g/mol. The Kier molecular flexibility index (Phi) is 5.47. The molecule has 240 valence electrons. The zero-order valence-electron chi connectivity index (χ0n) is 28.0. The summed E-state index contributed by atoms with van der Waals surface area (Å²) in [5.74, 6) is 0.666. The van der Waals surface area contributed by atoms with Crippen LogP contribution < -0.4 is 0 Å². The lowest BCUT2D eigenvalue weighted by atomic mass is 9.98. The highest BCUT2D eigenvalue weighted by molar-refractivity contribution is 6.24. The quantitative estimate of drug-likeness (QED) is 0.189. The summed E-state index contributed by atoms with van der Waals surface area (Å²) in [7, 11) is 0. The van der Waals surface area contributed by atoms with Gasteiger partial charge in [-0.15, -0.1) is 0 Å². The molecule has 8 aromatic carbocycles. The number of para-hydroxylation sites is 4. The number of aromatic nitrogens is 4. The van der Waals surface area contributed by atoms with Crippen LogP contribution in [0.3, 0.4) is 0 Å². The van der Waals surface area contributed by atoms with E-state index in [0.717, 1.165) is 33.2 Å². The minimum absolute atomic E-state index is 0.666. The second kappa shape index (κ2) is 10.3. The largest absolute Gasteiger partial charge is 0.308 e. The first-order chi connectivity index (χ1) is 25.8. The smallest absolute Gasteiger partial charge is 0.235 e. The van der Waals surface area contributed by atoms with Gasteiger partial charge in [0.1, 0.15) is 0 Å².